The number of carbonyl (C=O) groups excluding carboxylic acids is 1. The number of rotatable bonds is 9. The zero-order chi connectivity index (χ0) is 35.3. The van der Waals surface area contributed by atoms with Gasteiger partial charge in [-0.05, 0) is 53.8 Å². The molecule has 17 nitrogen and oxygen atoms in total. The van der Waals surface area contributed by atoms with Gasteiger partial charge in [0.05, 0.1) is 12.9 Å². The predicted molar refractivity (Wildman–Crippen MR) is 189 cm³/mol. The second-order valence-corrected chi connectivity index (χ2v) is 13.8. The Labute approximate surface area is 298 Å². The van der Waals surface area contributed by atoms with Crippen LogP contribution < -0.4 is 26.2 Å². The van der Waals surface area contributed by atoms with Crippen molar-refractivity contribution in [2.45, 2.75) is 68.9 Å². The summed E-state index contributed by atoms with van der Waals surface area (Å²) in [5.41, 5.74) is 5.84. The van der Waals surface area contributed by atoms with Crippen LogP contribution in [0.4, 0.5) is 16.6 Å². The van der Waals surface area contributed by atoms with E-state index in [1.165, 1.54) is 27.1 Å². The maximum Gasteiger partial charge on any atom is 0.315 e. The molecule has 3 saturated heterocycles. The van der Waals surface area contributed by atoms with E-state index in [4.69, 9.17) is 19.7 Å². The number of aromatic nitrogens is 8. The molecule has 4 aliphatic rings. The predicted octanol–water partition coefficient (Wildman–Crippen LogP) is 1.29. The molecular formula is C35H41N13O4. The number of aliphatic hydroxyl groups excluding tert-OH is 2. The third kappa shape index (κ3) is 5.78. The zero-order valence-corrected chi connectivity index (χ0v) is 28.6. The molecule has 0 spiro atoms. The van der Waals surface area contributed by atoms with Gasteiger partial charge in [-0.25, -0.2) is 9.78 Å². The standard InChI is InChI=1S/C35H41N13O4/c1-2-48-44-31(43-45-48)29-27(49)28(50)33(52-29)47-18-38-26-30(37-16-25-23-9-5-3-7-21(23)22-8-4-6-10-24(22)25)41-34(42-32(26)47)46-14-12-20(17-46)40-35(51)39-19-11-13-36-15-19/h3-10,18-20,25,27-29,33,36,49-50H,2,11-17H2,1H3,(H,37,41,42)(H2,39,40,51)/t19-,20-,27+,28-,29+,33-/m1/s1. The summed E-state index contributed by atoms with van der Waals surface area (Å²) in [7, 11) is 0. The third-order valence-corrected chi connectivity index (χ3v) is 10.6. The van der Waals surface area contributed by atoms with Crippen molar-refractivity contribution in [3.63, 3.8) is 0 Å². The van der Waals surface area contributed by atoms with Crippen LogP contribution >= 0.6 is 0 Å². The monoisotopic (exact) mass is 707 g/mol. The number of nitrogens with zero attached hydrogens (tertiary/aromatic N) is 9. The molecule has 17 heteroatoms. The van der Waals surface area contributed by atoms with Crippen LogP contribution in [-0.4, -0.2) is 113 Å². The van der Waals surface area contributed by atoms with Crippen molar-refractivity contribution in [1.82, 2.24) is 55.7 Å². The summed E-state index contributed by atoms with van der Waals surface area (Å²) in [4.78, 5) is 30.9. The summed E-state index contributed by atoms with van der Waals surface area (Å²) in [6.45, 7) is 5.73. The Hall–Kier alpha value is -5.23. The lowest BCUT2D eigenvalue weighted by atomic mass is 9.97. The van der Waals surface area contributed by atoms with Crippen LogP contribution in [0.25, 0.3) is 22.3 Å². The minimum Gasteiger partial charge on any atom is -0.387 e. The maximum atomic E-state index is 12.8. The van der Waals surface area contributed by atoms with Gasteiger partial charge >= 0.3 is 6.03 Å². The van der Waals surface area contributed by atoms with Crippen LogP contribution in [0.5, 0.6) is 0 Å². The van der Waals surface area contributed by atoms with E-state index < -0.39 is 24.5 Å². The number of amides is 2. The Bertz CT molecular complexity index is 2050. The summed E-state index contributed by atoms with van der Waals surface area (Å²) in [5.74, 6) is 1.24. The largest absolute Gasteiger partial charge is 0.387 e. The van der Waals surface area contributed by atoms with E-state index in [9.17, 15) is 15.0 Å². The summed E-state index contributed by atoms with van der Waals surface area (Å²) < 4.78 is 7.84. The van der Waals surface area contributed by atoms with Gasteiger partial charge in [-0.2, -0.15) is 14.8 Å². The SMILES string of the molecule is CCn1nnc([C@H]2O[C@@H](n3cnc4c(NCC5c6ccccc6-c6ccccc65)nc(N5CC[C@@H](NC(=O)N[C@@H]6CCNC6)C5)nc43)[C@H](O)[C@@H]2O)n1. The Morgan fingerprint density at radius 3 is 2.50 bits per heavy atom. The molecule has 6 atom stereocenters. The number of fused-ring (bicyclic) bond motifs is 4. The number of carbonyl (C=O) groups is 1. The molecule has 3 aliphatic heterocycles. The number of aryl methyl sites for hydroxylation is 1. The topological polar surface area (TPSA) is 205 Å². The van der Waals surface area contributed by atoms with Crippen LogP contribution in [0.15, 0.2) is 54.9 Å². The van der Waals surface area contributed by atoms with Gasteiger partial charge in [0, 0.05) is 44.2 Å². The number of urea groups is 1. The molecule has 6 N–H and O–H groups in total. The number of hydrogen-bond donors (Lipinski definition) is 6. The minimum absolute atomic E-state index is 0.0804. The molecule has 0 radical (unpaired) electrons. The van der Waals surface area contributed by atoms with E-state index in [2.05, 4.69) is 85.2 Å². The van der Waals surface area contributed by atoms with Crippen molar-refractivity contribution in [3.05, 3.63) is 71.8 Å². The average molecular weight is 708 g/mol. The Kier molecular flexibility index (Phi) is 8.41. The van der Waals surface area contributed by atoms with E-state index in [0.29, 0.717) is 49.1 Å². The molecule has 3 fully saturated rings. The molecule has 9 rings (SSSR count). The van der Waals surface area contributed by atoms with E-state index in [-0.39, 0.29) is 29.9 Å². The zero-order valence-electron chi connectivity index (χ0n) is 28.6. The fourth-order valence-electron chi connectivity index (χ4n) is 7.89. The second-order valence-electron chi connectivity index (χ2n) is 13.8. The molecule has 52 heavy (non-hydrogen) atoms. The number of aliphatic hydroxyl groups is 2. The van der Waals surface area contributed by atoms with E-state index in [1.807, 2.05) is 11.8 Å². The van der Waals surface area contributed by atoms with Gasteiger partial charge in [-0.3, -0.25) is 4.57 Å². The van der Waals surface area contributed by atoms with Crippen molar-refractivity contribution in [1.29, 1.82) is 0 Å². The van der Waals surface area contributed by atoms with Gasteiger partial charge in [-0.1, -0.05) is 48.5 Å². The molecule has 2 amide bonds. The molecule has 3 aromatic heterocycles. The van der Waals surface area contributed by atoms with Gasteiger partial charge < -0.3 is 41.1 Å². The number of tetrazole rings is 1. The minimum atomic E-state index is -1.33. The van der Waals surface area contributed by atoms with Crippen LogP contribution in [0, 0.1) is 0 Å². The highest BCUT2D eigenvalue weighted by molar-refractivity contribution is 5.85. The lowest BCUT2D eigenvalue weighted by Gasteiger charge is -2.21. The number of imidazole rings is 1. The van der Waals surface area contributed by atoms with Gasteiger partial charge in [0.2, 0.25) is 11.8 Å². The summed E-state index contributed by atoms with van der Waals surface area (Å²) in [5, 5.41) is 47.7. The van der Waals surface area contributed by atoms with Gasteiger partial charge in [0.1, 0.15) is 12.2 Å². The normalized spacial score (nSPS) is 25.5. The number of nitrogens with one attached hydrogen (secondary N) is 4. The summed E-state index contributed by atoms with van der Waals surface area (Å²) in [6, 6.07) is 16.8. The van der Waals surface area contributed by atoms with Crippen LogP contribution in [0.2, 0.25) is 0 Å². The first-order valence-electron chi connectivity index (χ1n) is 17.9. The quantitative estimate of drug-likeness (QED) is 0.128. The molecule has 2 aromatic carbocycles. The molecule has 270 valence electrons. The number of ether oxygens (including phenoxy) is 1. The first-order valence-corrected chi connectivity index (χ1v) is 17.9. The van der Waals surface area contributed by atoms with Crippen molar-refractivity contribution in [2.24, 2.45) is 0 Å². The lowest BCUT2D eigenvalue weighted by Crippen LogP contribution is -2.47. The van der Waals surface area contributed by atoms with Gasteiger partial charge in [0.25, 0.3) is 0 Å². The summed E-state index contributed by atoms with van der Waals surface area (Å²) >= 11 is 0. The molecule has 0 saturated carbocycles. The molecule has 5 aromatic rings. The highest BCUT2D eigenvalue weighted by Crippen LogP contribution is 2.45. The van der Waals surface area contributed by atoms with Crippen LogP contribution in [-0.2, 0) is 11.3 Å². The Morgan fingerprint density at radius 1 is 1.00 bits per heavy atom. The highest BCUT2D eigenvalue weighted by Gasteiger charge is 2.47. The Morgan fingerprint density at radius 2 is 1.77 bits per heavy atom. The van der Waals surface area contributed by atoms with Crippen molar-refractivity contribution in [2.75, 3.05) is 42.9 Å². The fourth-order valence-corrected chi connectivity index (χ4v) is 7.89. The third-order valence-electron chi connectivity index (χ3n) is 10.6. The Balaban J connectivity index is 1.03. The number of hydrogen-bond acceptors (Lipinski definition) is 13. The molecule has 0 unspecified atom stereocenters. The molecule has 6 heterocycles. The molecule has 1 aliphatic carbocycles. The maximum absolute atomic E-state index is 12.8. The fraction of sp³-hybridized carbons (Fsp3) is 0.457. The van der Waals surface area contributed by atoms with Gasteiger partial charge in [-0.15, -0.1) is 10.2 Å². The number of anilines is 2. The lowest BCUT2D eigenvalue weighted by molar-refractivity contribution is -0.0384. The molecule has 0 bridgehead atoms. The highest BCUT2D eigenvalue weighted by atomic mass is 16.6. The van der Waals surface area contributed by atoms with Crippen LogP contribution in [0.1, 0.15) is 55.0 Å². The molecular weight excluding hydrogens is 666 g/mol. The van der Waals surface area contributed by atoms with E-state index in [0.717, 1.165) is 25.9 Å². The summed E-state index contributed by atoms with van der Waals surface area (Å²) in [6.07, 6.45) is -1.50. The van der Waals surface area contributed by atoms with Crippen molar-refractivity contribution < 1.29 is 19.7 Å². The van der Waals surface area contributed by atoms with Gasteiger partial charge in [0.15, 0.2) is 29.3 Å². The first kappa shape index (κ1) is 32.7. The van der Waals surface area contributed by atoms with E-state index >= 15 is 0 Å². The second kappa shape index (κ2) is 13.4. The first-order chi connectivity index (χ1) is 25.4. The van der Waals surface area contributed by atoms with Crippen molar-refractivity contribution >= 4 is 29.0 Å². The van der Waals surface area contributed by atoms with Crippen LogP contribution in [0.3, 0.4) is 0 Å². The van der Waals surface area contributed by atoms with Crippen molar-refractivity contribution in [3.8, 4) is 11.1 Å². The van der Waals surface area contributed by atoms with E-state index in [1.54, 1.807) is 10.9 Å². The smallest absolute Gasteiger partial charge is 0.315 e. The average Bonchev–Trinajstić information content (AvgIpc) is 4.02. The number of benzene rings is 2.